The molecule has 0 saturated heterocycles. The Labute approximate surface area is 179 Å². The zero-order chi connectivity index (χ0) is 20.9. The quantitative estimate of drug-likeness (QED) is 0.573. The SMILES string of the molecule is CC(=O)c1ccc(NCC(=O)N(Cc2cccs2)c2ccc3c(c2)OCCO3)cc1. The van der Waals surface area contributed by atoms with Crippen LogP contribution >= 0.6 is 11.3 Å². The van der Waals surface area contributed by atoms with Crippen molar-refractivity contribution in [2.45, 2.75) is 13.5 Å². The van der Waals surface area contributed by atoms with Crippen LogP contribution in [-0.4, -0.2) is 31.4 Å². The van der Waals surface area contributed by atoms with Crippen molar-refractivity contribution < 1.29 is 19.1 Å². The first-order valence-electron chi connectivity index (χ1n) is 9.67. The third-order valence-corrected chi connectivity index (χ3v) is 5.63. The van der Waals surface area contributed by atoms with Crippen molar-refractivity contribution in [3.8, 4) is 11.5 Å². The van der Waals surface area contributed by atoms with Crippen molar-refractivity contribution in [2.75, 3.05) is 30.0 Å². The Bertz CT molecular complexity index is 1030. The van der Waals surface area contributed by atoms with E-state index in [1.54, 1.807) is 40.5 Å². The maximum Gasteiger partial charge on any atom is 0.246 e. The molecule has 0 radical (unpaired) electrons. The van der Waals surface area contributed by atoms with Crippen molar-refractivity contribution in [1.29, 1.82) is 0 Å². The van der Waals surface area contributed by atoms with Crippen LogP contribution in [0.15, 0.2) is 60.0 Å². The van der Waals surface area contributed by atoms with Crippen molar-refractivity contribution in [2.24, 2.45) is 0 Å². The van der Waals surface area contributed by atoms with E-state index in [1.165, 1.54) is 6.92 Å². The van der Waals surface area contributed by atoms with Crippen LogP contribution in [0.25, 0.3) is 0 Å². The second-order valence-electron chi connectivity index (χ2n) is 6.87. The van der Waals surface area contributed by atoms with E-state index < -0.39 is 0 Å². The third-order valence-electron chi connectivity index (χ3n) is 4.77. The van der Waals surface area contributed by atoms with Gasteiger partial charge in [-0.2, -0.15) is 0 Å². The summed E-state index contributed by atoms with van der Waals surface area (Å²) in [5, 5.41) is 5.14. The number of anilines is 2. The van der Waals surface area contributed by atoms with Gasteiger partial charge in [-0.1, -0.05) is 6.07 Å². The van der Waals surface area contributed by atoms with E-state index in [1.807, 2.05) is 35.7 Å². The van der Waals surface area contributed by atoms with Crippen molar-refractivity contribution >= 4 is 34.4 Å². The first kappa shape index (κ1) is 20.0. The Hall–Kier alpha value is -3.32. The molecule has 1 amide bonds. The van der Waals surface area contributed by atoms with Crippen LogP contribution in [0, 0.1) is 0 Å². The summed E-state index contributed by atoms with van der Waals surface area (Å²) in [5.41, 5.74) is 2.18. The third kappa shape index (κ3) is 4.63. The Kier molecular flexibility index (Phi) is 5.99. The van der Waals surface area contributed by atoms with Gasteiger partial charge in [0.2, 0.25) is 5.91 Å². The standard InChI is InChI=1S/C23H22N2O4S/c1-16(26)17-4-6-18(7-5-17)24-14-23(27)25(15-20-3-2-12-30-20)19-8-9-21-22(13-19)29-11-10-28-21/h2-9,12-13,24H,10-11,14-15H2,1H3. The summed E-state index contributed by atoms with van der Waals surface area (Å²) in [4.78, 5) is 27.4. The van der Waals surface area contributed by atoms with E-state index >= 15 is 0 Å². The maximum atomic E-state index is 13.1. The summed E-state index contributed by atoms with van der Waals surface area (Å²) >= 11 is 1.61. The van der Waals surface area contributed by atoms with Gasteiger partial charge in [0.15, 0.2) is 17.3 Å². The highest BCUT2D eigenvalue weighted by atomic mass is 32.1. The van der Waals surface area contributed by atoms with Crippen molar-refractivity contribution in [3.63, 3.8) is 0 Å². The molecule has 30 heavy (non-hydrogen) atoms. The number of carbonyl (C=O) groups is 2. The Morgan fingerprint density at radius 1 is 1.03 bits per heavy atom. The van der Waals surface area contributed by atoms with E-state index in [0.717, 1.165) is 16.3 Å². The monoisotopic (exact) mass is 422 g/mol. The first-order valence-corrected chi connectivity index (χ1v) is 10.6. The summed E-state index contributed by atoms with van der Waals surface area (Å²) in [6, 6.07) is 16.7. The number of hydrogen-bond donors (Lipinski definition) is 1. The molecule has 1 aromatic heterocycles. The minimum absolute atomic E-state index is 0.0124. The van der Waals surface area contributed by atoms with Crippen molar-refractivity contribution in [1.82, 2.24) is 0 Å². The van der Waals surface area contributed by atoms with E-state index in [-0.39, 0.29) is 18.2 Å². The summed E-state index contributed by atoms with van der Waals surface area (Å²) in [7, 11) is 0. The average Bonchev–Trinajstić information content (AvgIpc) is 3.29. The highest BCUT2D eigenvalue weighted by Crippen LogP contribution is 2.34. The Balaban J connectivity index is 1.51. The fourth-order valence-electron chi connectivity index (χ4n) is 3.18. The largest absolute Gasteiger partial charge is 0.486 e. The molecular formula is C23H22N2O4S. The van der Waals surface area contributed by atoms with Crippen LogP contribution in [0.5, 0.6) is 11.5 Å². The smallest absolute Gasteiger partial charge is 0.246 e. The molecule has 3 aromatic rings. The summed E-state index contributed by atoms with van der Waals surface area (Å²) in [6.07, 6.45) is 0. The van der Waals surface area contributed by atoms with Gasteiger partial charge >= 0.3 is 0 Å². The van der Waals surface area contributed by atoms with Gasteiger partial charge in [-0.15, -0.1) is 11.3 Å². The van der Waals surface area contributed by atoms with Gasteiger partial charge in [-0.25, -0.2) is 0 Å². The molecule has 0 atom stereocenters. The zero-order valence-electron chi connectivity index (χ0n) is 16.6. The molecule has 0 bridgehead atoms. The number of amides is 1. The number of benzene rings is 2. The molecule has 0 aliphatic carbocycles. The number of carbonyl (C=O) groups excluding carboxylic acids is 2. The molecule has 1 aliphatic heterocycles. The number of fused-ring (bicyclic) bond motifs is 1. The first-order chi connectivity index (χ1) is 14.6. The number of ketones is 1. The molecule has 7 heteroatoms. The predicted octanol–water partition coefficient (Wildman–Crippen LogP) is 4.37. The summed E-state index contributed by atoms with van der Waals surface area (Å²) in [5.74, 6) is 1.28. The zero-order valence-corrected chi connectivity index (χ0v) is 17.4. The molecule has 1 N–H and O–H groups in total. The number of nitrogens with one attached hydrogen (secondary N) is 1. The minimum Gasteiger partial charge on any atom is -0.486 e. The van der Waals surface area contributed by atoms with E-state index in [2.05, 4.69) is 5.32 Å². The lowest BCUT2D eigenvalue weighted by Gasteiger charge is -2.25. The van der Waals surface area contributed by atoms with Crippen LogP contribution in [0.3, 0.4) is 0 Å². The second kappa shape index (κ2) is 9.00. The number of hydrogen-bond acceptors (Lipinski definition) is 6. The fraction of sp³-hybridized carbons (Fsp3) is 0.217. The Morgan fingerprint density at radius 3 is 2.50 bits per heavy atom. The van der Waals surface area contributed by atoms with Crippen LogP contribution in [0.4, 0.5) is 11.4 Å². The number of rotatable bonds is 7. The van der Waals surface area contributed by atoms with Gasteiger partial charge in [-0.3, -0.25) is 9.59 Å². The average molecular weight is 423 g/mol. The number of nitrogens with zero attached hydrogens (tertiary/aromatic N) is 1. The van der Waals surface area contributed by atoms with Gasteiger partial charge in [0.1, 0.15) is 13.2 Å². The molecule has 0 saturated carbocycles. The predicted molar refractivity (Wildman–Crippen MR) is 118 cm³/mol. The summed E-state index contributed by atoms with van der Waals surface area (Å²) in [6.45, 7) is 3.14. The highest BCUT2D eigenvalue weighted by molar-refractivity contribution is 7.09. The number of thiophene rings is 1. The molecule has 0 spiro atoms. The van der Waals surface area contributed by atoms with Gasteiger partial charge in [-0.05, 0) is 54.8 Å². The van der Waals surface area contributed by atoms with Crippen LogP contribution in [0.1, 0.15) is 22.2 Å². The summed E-state index contributed by atoms with van der Waals surface area (Å²) < 4.78 is 11.3. The van der Waals surface area contributed by atoms with E-state index in [4.69, 9.17) is 9.47 Å². The van der Waals surface area contributed by atoms with Crippen LogP contribution < -0.4 is 19.7 Å². The molecule has 2 heterocycles. The van der Waals surface area contributed by atoms with Gasteiger partial charge in [0.25, 0.3) is 0 Å². The second-order valence-corrected chi connectivity index (χ2v) is 7.91. The maximum absolute atomic E-state index is 13.1. The molecule has 0 unspecified atom stereocenters. The highest BCUT2D eigenvalue weighted by Gasteiger charge is 2.20. The Morgan fingerprint density at radius 2 is 1.80 bits per heavy atom. The molecule has 4 rings (SSSR count). The molecular weight excluding hydrogens is 400 g/mol. The number of Topliss-reactive ketones (excluding diaryl/α,β-unsaturated/α-hetero) is 1. The van der Waals surface area contributed by atoms with Gasteiger partial charge in [0.05, 0.1) is 13.1 Å². The fourth-order valence-corrected chi connectivity index (χ4v) is 3.87. The minimum atomic E-state index is -0.0734. The van der Waals surface area contributed by atoms with Crippen LogP contribution in [0.2, 0.25) is 0 Å². The van der Waals surface area contributed by atoms with Crippen LogP contribution in [-0.2, 0) is 11.3 Å². The normalized spacial score (nSPS) is 12.3. The van der Waals surface area contributed by atoms with Gasteiger partial charge in [0, 0.05) is 27.9 Å². The van der Waals surface area contributed by atoms with Crippen molar-refractivity contribution in [3.05, 3.63) is 70.4 Å². The molecule has 0 fully saturated rings. The topological polar surface area (TPSA) is 67.9 Å². The molecule has 6 nitrogen and oxygen atoms in total. The lowest BCUT2D eigenvalue weighted by molar-refractivity contribution is -0.117. The molecule has 2 aromatic carbocycles. The molecule has 154 valence electrons. The van der Waals surface area contributed by atoms with Gasteiger partial charge < -0.3 is 19.7 Å². The van der Waals surface area contributed by atoms with E-state index in [0.29, 0.717) is 36.8 Å². The number of ether oxygens (including phenoxy) is 2. The molecule has 1 aliphatic rings. The van der Waals surface area contributed by atoms with E-state index in [9.17, 15) is 9.59 Å². The lowest BCUT2D eigenvalue weighted by Crippen LogP contribution is -2.35. The lowest BCUT2D eigenvalue weighted by atomic mass is 10.1.